The first-order chi connectivity index (χ1) is 8.78. The van der Waals surface area contributed by atoms with Crippen LogP contribution in [-0.4, -0.2) is 22.1 Å². The molecule has 3 N–H and O–H groups in total. The van der Waals surface area contributed by atoms with Gasteiger partial charge in [-0.3, -0.25) is 0 Å². The first-order valence-electron chi connectivity index (χ1n) is 5.52. The average Bonchev–Trinajstić information content (AvgIpc) is 2.86. The SMILES string of the molecule is COc1ccc(-c2cc(N)nc3[nH]ccc23)cn1. The van der Waals surface area contributed by atoms with Gasteiger partial charge in [-0.1, -0.05) is 0 Å². The van der Waals surface area contributed by atoms with E-state index in [0.29, 0.717) is 11.7 Å². The Labute approximate surface area is 104 Å². The Morgan fingerprint density at radius 2 is 2.17 bits per heavy atom. The molecule has 0 atom stereocenters. The van der Waals surface area contributed by atoms with Gasteiger partial charge >= 0.3 is 0 Å². The van der Waals surface area contributed by atoms with Crippen LogP contribution in [0.4, 0.5) is 5.82 Å². The maximum absolute atomic E-state index is 5.80. The number of aromatic nitrogens is 3. The summed E-state index contributed by atoms with van der Waals surface area (Å²) in [5.74, 6) is 1.07. The molecular formula is C13H12N4O. The van der Waals surface area contributed by atoms with Crippen molar-refractivity contribution < 1.29 is 4.74 Å². The molecule has 0 aromatic carbocycles. The Morgan fingerprint density at radius 1 is 1.28 bits per heavy atom. The first-order valence-corrected chi connectivity index (χ1v) is 5.52. The molecule has 3 aromatic heterocycles. The van der Waals surface area contributed by atoms with Crippen molar-refractivity contribution in [3.05, 3.63) is 36.7 Å². The number of nitrogens with one attached hydrogen (secondary N) is 1. The number of anilines is 1. The highest BCUT2D eigenvalue weighted by molar-refractivity contribution is 5.94. The highest BCUT2D eigenvalue weighted by Crippen LogP contribution is 2.29. The summed E-state index contributed by atoms with van der Waals surface area (Å²) >= 11 is 0. The summed E-state index contributed by atoms with van der Waals surface area (Å²) < 4.78 is 5.05. The summed E-state index contributed by atoms with van der Waals surface area (Å²) in [5.41, 5.74) is 8.57. The fourth-order valence-electron chi connectivity index (χ4n) is 1.96. The number of ether oxygens (including phenoxy) is 1. The van der Waals surface area contributed by atoms with Gasteiger partial charge in [0.25, 0.3) is 0 Å². The Morgan fingerprint density at radius 3 is 2.89 bits per heavy atom. The Balaban J connectivity index is 2.20. The molecule has 90 valence electrons. The lowest BCUT2D eigenvalue weighted by atomic mass is 10.1. The van der Waals surface area contributed by atoms with Crippen LogP contribution in [0.3, 0.4) is 0 Å². The lowest BCUT2D eigenvalue weighted by Gasteiger charge is -2.05. The predicted octanol–water partition coefficient (Wildman–Crippen LogP) is 2.22. The summed E-state index contributed by atoms with van der Waals surface area (Å²) in [4.78, 5) is 11.5. The normalized spacial score (nSPS) is 10.7. The molecule has 0 aliphatic carbocycles. The van der Waals surface area contributed by atoms with Crippen LogP contribution in [0.1, 0.15) is 0 Å². The van der Waals surface area contributed by atoms with Crippen molar-refractivity contribution in [3.8, 4) is 17.0 Å². The smallest absolute Gasteiger partial charge is 0.212 e. The van der Waals surface area contributed by atoms with Crippen molar-refractivity contribution in [1.29, 1.82) is 0 Å². The minimum Gasteiger partial charge on any atom is -0.481 e. The van der Waals surface area contributed by atoms with E-state index < -0.39 is 0 Å². The molecule has 0 spiro atoms. The first kappa shape index (κ1) is 10.6. The van der Waals surface area contributed by atoms with Gasteiger partial charge in [-0.25, -0.2) is 9.97 Å². The molecule has 3 rings (SSSR count). The van der Waals surface area contributed by atoms with Crippen molar-refractivity contribution in [1.82, 2.24) is 15.0 Å². The number of H-pyrrole nitrogens is 1. The number of nitrogen functional groups attached to an aromatic ring is 1. The van der Waals surface area contributed by atoms with E-state index in [2.05, 4.69) is 15.0 Å². The van der Waals surface area contributed by atoms with E-state index in [0.717, 1.165) is 22.2 Å². The summed E-state index contributed by atoms with van der Waals surface area (Å²) in [6.07, 6.45) is 3.61. The molecule has 0 radical (unpaired) electrons. The summed E-state index contributed by atoms with van der Waals surface area (Å²) in [5, 5.41) is 1.02. The maximum Gasteiger partial charge on any atom is 0.212 e. The second-order valence-corrected chi connectivity index (χ2v) is 3.92. The molecule has 5 heteroatoms. The standard InChI is InChI=1S/C13H12N4O/c1-18-12-3-2-8(7-16-12)10-6-11(14)17-13-9(10)4-5-15-13/h2-7H,1H3,(H3,14,15,17). The summed E-state index contributed by atoms with van der Waals surface area (Å²) in [6, 6.07) is 7.60. The Hall–Kier alpha value is -2.56. The fourth-order valence-corrected chi connectivity index (χ4v) is 1.96. The van der Waals surface area contributed by atoms with Gasteiger partial charge in [0, 0.05) is 29.4 Å². The van der Waals surface area contributed by atoms with Crippen LogP contribution in [0.15, 0.2) is 36.7 Å². The zero-order chi connectivity index (χ0) is 12.5. The molecule has 3 heterocycles. The largest absolute Gasteiger partial charge is 0.481 e. The van der Waals surface area contributed by atoms with Crippen LogP contribution in [-0.2, 0) is 0 Å². The number of rotatable bonds is 2. The van der Waals surface area contributed by atoms with Gasteiger partial charge in [0.05, 0.1) is 7.11 Å². The van der Waals surface area contributed by atoms with Crippen LogP contribution in [0, 0.1) is 0 Å². The van der Waals surface area contributed by atoms with E-state index in [4.69, 9.17) is 10.5 Å². The van der Waals surface area contributed by atoms with Crippen LogP contribution >= 0.6 is 0 Å². The van der Waals surface area contributed by atoms with Crippen LogP contribution in [0.2, 0.25) is 0 Å². The highest BCUT2D eigenvalue weighted by atomic mass is 16.5. The van der Waals surface area contributed by atoms with Gasteiger partial charge < -0.3 is 15.5 Å². The zero-order valence-corrected chi connectivity index (χ0v) is 9.84. The summed E-state index contributed by atoms with van der Waals surface area (Å²) in [6.45, 7) is 0. The van der Waals surface area contributed by atoms with Crippen molar-refractivity contribution in [2.75, 3.05) is 12.8 Å². The quantitative estimate of drug-likeness (QED) is 0.720. The molecule has 18 heavy (non-hydrogen) atoms. The molecule has 0 aliphatic heterocycles. The van der Waals surface area contributed by atoms with Crippen LogP contribution < -0.4 is 10.5 Å². The van der Waals surface area contributed by atoms with Gasteiger partial charge in [0.15, 0.2) is 0 Å². The molecule has 0 amide bonds. The van der Waals surface area contributed by atoms with Crippen molar-refractivity contribution in [2.24, 2.45) is 0 Å². The molecular weight excluding hydrogens is 228 g/mol. The lowest BCUT2D eigenvalue weighted by molar-refractivity contribution is 0.398. The molecule has 0 saturated heterocycles. The van der Waals surface area contributed by atoms with E-state index in [1.54, 1.807) is 13.3 Å². The van der Waals surface area contributed by atoms with Gasteiger partial charge in [0.1, 0.15) is 11.5 Å². The van der Waals surface area contributed by atoms with Crippen LogP contribution in [0.25, 0.3) is 22.2 Å². The van der Waals surface area contributed by atoms with Crippen molar-refractivity contribution in [2.45, 2.75) is 0 Å². The number of hydrogen-bond donors (Lipinski definition) is 2. The van der Waals surface area contributed by atoms with Crippen molar-refractivity contribution in [3.63, 3.8) is 0 Å². The zero-order valence-electron chi connectivity index (χ0n) is 9.84. The molecule has 5 nitrogen and oxygen atoms in total. The molecule has 0 unspecified atom stereocenters. The minimum absolute atomic E-state index is 0.482. The van der Waals surface area contributed by atoms with E-state index in [9.17, 15) is 0 Å². The topological polar surface area (TPSA) is 76.8 Å². The Bertz CT molecular complexity index is 688. The third kappa shape index (κ3) is 1.66. The van der Waals surface area contributed by atoms with E-state index in [1.165, 1.54) is 0 Å². The monoisotopic (exact) mass is 240 g/mol. The van der Waals surface area contributed by atoms with Gasteiger partial charge in [-0.2, -0.15) is 0 Å². The maximum atomic E-state index is 5.80. The number of nitrogens with two attached hydrogens (primary N) is 1. The third-order valence-corrected chi connectivity index (χ3v) is 2.80. The van der Waals surface area contributed by atoms with E-state index >= 15 is 0 Å². The minimum atomic E-state index is 0.482. The molecule has 0 bridgehead atoms. The number of hydrogen-bond acceptors (Lipinski definition) is 4. The number of nitrogens with zero attached hydrogens (tertiary/aromatic N) is 2. The number of methoxy groups -OCH3 is 1. The second-order valence-electron chi connectivity index (χ2n) is 3.92. The number of fused-ring (bicyclic) bond motifs is 1. The average molecular weight is 240 g/mol. The molecule has 0 saturated carbocycles. The Kier molecular flexibility index (Phi) is 2.37. The summed E-state index contributed by atoms with van der Waals surface area (Å²) in [7, 11) is 1.59. The molecule has 3 aromatic rings. The lowest BCUT2D eigenvalue weighted by Crippen LogP contribution is -1.93. The molecule has 0 aliphatic rings. The van der Waals surface area contributed by atoms with Crippen LogP contribution in [0.5, 0.6) is 5.88 Å². The number of pyridine rings is 2. The second kappa shape index (κ2) is 4.03. The van der Waals surface area contributed by atoms with E-state index in [1.807, 2.05) is 30.5 Å². The third-order valence-electron chi connectivity index (χ3n) is 2.80. The van der Waals surface area contributed by atoms with Gasteiger partial charge in [0.2, 0.25) is 5.88 Å². The van der Waals surface area contributed by atoms with Gasteiger partial charge in [-0.05, 0) is 23.8 Å². The van der Waals surface area contributed by atoms with E-state index in [-0.39, 0.29) is 0 Å². The molecule has 0 fully saturated rings. The van der Waals surface area contributed by atoms with Gasteiger partial charge in [-0.15, -0.1) is 0 Å². The fraction of sp³-hybridized carbons (Fsp3) is 0.0769. The number of aromatic amines is 1. The van der Waals surface area contributed by atoms with Crippen molar-refractivity contribution >= 4 is 16.9 Å². The highest BCUT2D eigenvalue weighted by Gasteiger charge is 2.08. The predicted molar refractivity (Wildman–Crippen MR) is 70.3 cm³/mol.